The molecule has 0 spiro atoms. The Morgan fingerprint density at radius 1 is 1.23 bits per heavy atom. The van der Waals surface area contributed by atoms with Crippen LogP contribution in [0.4, 0.5) is 11.5 Å². The van der Waals surface area contributed by atoms with E-state index in [2.05, 4.69) is 39.2 Å². The average molecular weight is 377 g/mol. The number of carbonyl (C=O) groups excluding carboxylic acids is 2. The van der Waals surface area contributed by atoms with Crippen LogP contribution in [-0.4, -0.2) is 35.5 Å². The van der Waals surface area contributed by atoms with Gasteiger partial charge in [-0.25, -0.2) is 14.8 Å². The molecule has 1 aromatic carbocycles. The lowest BCUT2D eigenvalue weighted by Gasteiger charge is -2.10. The highest BCUT2D eigenvalue weighted by Gasteiger charge is 2.14. The maximum absolute atomic E-state index is 12.4. The number of hydrogen-bond donors (Lipinski definition) is 2. The van der Waals surface area contributed by atoms with Gasteiger partial charge in [0.2, 0.25) is 0 Å². The SMILES string of the molecule is COC(=O)c1ccc(Cl)c(NC(=O)c2cc(NCCC(C)C)ncn2)c1. The fourth-order valence-corrected chi connectivity index (χ4v) is 2.28. The minimum atomic E-state index is -0.518. The lowest BCUT2D eigenvalue weighted by atomic mass is 10.1. The van der Waals surface area contributed by atoms with Gasteiger partial charge >= 0.3 is 5.97 Å². The van der Waals surface area contributed by atoms with Gasteiger partial charge in [-0.3, -0.25) is 4.79 Å². The van der Waals surface area contributed by atoms with Crippen LogP contribution in [0.2, 0.25) is 5.02 Å². The van der Waals surface area contributed by atoms with Gasteiger partial charge in [-0.05, 0) is 30.5 Å². The molecule has 0 aliphatic rings. The third-order valence-corrected chi connectivity index (χ3v) is 3.89. The molecule has 1 heterocycles. The zero-order chi connectivity index (χ0) is 19.1. The molecule has 0 saturated heterocycles. The van der Waals surface area contributed by atoms with E-state index in [9.17, 15) is 9.59 Å². The second-order valence-electron chi connectivity index (χ2n) is 6.04. The van der Waals surface area contributed by atoms with Crippen LogP contribution in [0.15, 0.2) is 30.6 Å². The van der Waals surface area contributed by atoms with Crippen molar-refractivity contribution in [2.45, 2.75) is 20.3 Å². The molecule has 7 nitrogen and oxygen atoms in total. The largest absolute Gasteiger partial charge is 0.465 e. The molecule has 1 aromatic heterocycles. The highest BCUT2D eigenvalue weighted by Crippen LogP contribution is 2.24. The first-order valence-corrected chi connectivity index (χ1v) is 8.53. The van der Waals surface area contributed by atoms with E-state index in [0.29, 0.717) is 22.4 Å². The number of nitrogens with zero attached hydrogens (tertiary/aromatic N) is 2. The number of ether oxygens (including phenoxy) is 1. The van der Waals surface area contributed by atoms with E-state index in [1.807, 2.05) is 0 Å². The number of hydrogen-bond acceptors (Lipinski definition) is 6. The number of carbonyl (C=O) groups is 2. The van der Waals surface area contributed by atoms with Crippen molar-refractivity contribution < 1.29 is 14.3 Å². The summed E-state index contributed by atoms with van der Waals surface area (Å²) in [4.78, 5) is 32.2. The molecule has 0 unspecified atom stereocenters. The van der Waals surface area contributed by atoms with E-state index in [4.69, 9.17) is 11.6 Å². The number of amides is 1. The molecule has 2 rings (SSSR count). The normalized spacial score (nSPS) is 10.5. The molecular formula is C18H21ClN4O3. The fourth-order valence-electron chi connectivity index (χ4n) is 2.12. The van der Waals surface area contributed by atoms with Gasteiger partial charge in [-0.1, -0.05) is 25.4 Å². The van der Waals surface area contributed by atoms with E-state index in [-0.39, 0.29) is 11.3 Å². The number of halogens is 1. The lowest BCUT2D eigenvalue weighted by Crippen LogP contribution is -2.16. The Morgan fingerprint density at radius 3 is 2.69 bits per heavy atom. The van der Waals surface area contributed by atoms with Crippen molar-refractivity contribution in [2.75, 3.05) is 24.3 Å². The average Bonchev–Trinajstić information content (AvgIpc) is 2.62. The van der Waals surface area contributed by atoms with Gasteiger partial charge in [0.05, 0.1) is 23.4 Å². The van der Waals surface area contributed by atoms with Crippen LogP contribution in [0.25, 0.3) is 0 Å². The summed E-state index contributed by atoms with van der Waals surface area (Å²) in [6, 6.07) is 6.05. The van der Waals surface area contributed by atoms with Crippen LogP contribution in [-0.2, 0) is 4.74 Å². The molecular weight excluding hydrogens is 356 g/mol. The van der Waals surface area contributed by atoms with Crippen molar-refractivity contribution in [3.05, 3.63) is 46.9 Å². The summed E-state index contributed by atoms with van der Waals surface area (Å²) in [5.74, 6) is 0.163. The first-order valence-electron chi connectivity index (χ1n) is 8.16. The van der Waals surface area contributed by atoms with Crippen molar-refractivity contribution >= 4 is 35.0 Å². The first-order chi connectivity index (χ1) is 12.4. The van der Waals surface area contributed by atoms with E-state index >= 15 is 0 Å². The van der Waals surface area contributed by atoms with E-state index in [1.165, 1.54) is 31.6 Å². The Morgan fingerprint density at radius 2 is 2.00 bits per heavy atom. The van der Waals surface area contributed by atoms with Crippen LogP contribution >= 0.6 is 11.6 Å². The zero-order valence-electron chi connectivity index (χ0n) is 14.9. The summed E-state index contributed by atoms with van der Waals surface area (Å²) in [5, 5.41) is 6.11. The summed E-state index contributed by atoms with van der Waals surface area (Å²) < 4.78 is 4.67. The second-order valence-corrected chi connectivity index (χ2v) is 6.45. The Labute approximate surface area is 157 Å². The number of methoxy groups -OCH3 is 1. The van der Waals surface area contributed by atoms with Crippen LogP contribution in [0, 0.1) is 5.92 Å². The third kappa shape index (κ3) is 5.42. The van der Waals surface area contributed by atoms with Gasteiger partial charge in [0, 0.05) is 12.6 Å². The van der Waals surface area contributed by atoms with Crippen LogP contribution in [0.5, 0.6) is 0 Å². The van der Waals surface area contributed by atoms with Crippen LogP contribution in [0.3, 0.4) is 0 Å². The van der Waals surface area contributed by atoms with E-state index in [0.717, 1.165) is 13.0 Å². The Kier molecular flexibility index (Phi) is 6.91. The number of esters is 1. The summed E-state index contributed by atoms with van der Waals surface area (Å²) in [6.45, 7) is 5.02. The number of benzene rings is 1. The first kappa shape index (κ1) is 19.7. The quantitative estimate of drug-likeness (QED) is 0.717. The minimum absolute atomic E-state index is 0.187. The lowest BCUT2D eigenvalue weighted by molar-refractivity contribution is 0.0600. The molecule has 8 heteroatoms. The molecule has 138 valence electrons. The van der Waals surface area contributed by atoms with E-state index < -0.39 is 11.9 Å². The van der Waals surface area contributed by atoms with E-state index in [1.54, 1.807) is 6.07 Å². The molecule has 0 aliphatic carbocycles. The predicted molar refractivity (Wildman–Crippen MR) is 101 cm³/mol. The topological polar surface area (TPSA) is 93.2 Å². The number of rotatable bonds is 7. The molecule has 0 bridgehead atoms. The van der Waals surface area contributed by atoms with Crippen molar-refractivity contribution in [3.63, 3.8) is 0 Å². The van der Waals surface area contributed by atoms with Gasteiger partial charge in [-0.15, -0.1) is 0 Å². The second kappa shape index (κ2) is 9.15. The predicted octanol–water partition coefficient (Wildman–Crippen LogP) is 3.63. The number of nitrogens with one attached hydrogen (secondary N) is 2. The molecule has 26 heavy (non-hydrogen) atoms. The summed E-state index contributed by atoms with van der Waals surface area (Å²) in [7, 11) is 1.28. The molecule has 0 saturated carbocycles. The number of anilines is 2. The summed E-state index contributed by atoms with van der Waals surface area (Å²) in [6.07, 6.45) is 2.31. The zero-order valence-corrected chi connectivity index (χ0v) is 15.6. The summed E-state index contributed by atoms with van der Waals surface area (Å²) in [5.41, 5.74) is 0.769. The van der Waals surface area contributed by atoms with Gasteiger partial charge in [0.15, 0.2) is 0 Å². The molecule has 1 amide bonds. The third-order valence-electron chi connectivity index (χ3n) is 3.56. The molecule has 2 aromatic rings. The maximum atomic E-state index is 12.4. The Hall–Kier alpha value is -2.67. The minimum Gasteiger partial charge on any atom is -0.465 e. The van der Waals surface area contributed by atoms with Crippen molar-refractivity contribution in [2.24, 2.45) is 5.92 Å². The molecule has 0 aliphatic heterocycles. The van der Waals surface area contributed by atoms with Gasteiger partial charge in [0.1, 0.15) is 17.8 Å². The van der Waals surface area contributed by atoms with Crippen molar-refractivity contribution in [1.29, 1.82) is 0 Å². The molecule has 0 radical (unpaired) electrons. The molecule has 0 atom stereocenters. The van der Waals surface area contributed by atoms with Crippen LogP contribution < -0.4 is 10.6 Å². The van der Waals surface area contributed by atoms with Crippen molar-refractivity contribution in [1.82, 2.24) is 9.97 Å². The smallest absolute Gasteiger partial charge is 0.337 e. The molecule has 0 fully saturated rings. The Balaban J connectivity index is 2.11. The van der Waals surface area contributed by atoms with Crippen molar-refractivity contribution in [3.8, 4) is 0 Å². The standard InChI is InChI=1S/C18H21ClN4O3/c1-11(2)6-7-20-16-9-15(21-10-22-16)17(24)23-14-8-12(18(25)26-3)4-5-13(14)19/h4-5,8-11H,6-7H2,1-3H3,(H,23,24)(H,20,21,22). The summed E-state index contributed by atoms with van der Waals surface area (Å²) >= 11 is 6.09. The van der Waals surface area contributed by atoms with Gasteiger partial charge in [-0.2, -0.15) is 0 Å². The van der Waals surface area contributed by atoms with Crippen LogP contribution in [0.1, 0.15) is 41.1 Å². The maximum Gasteiger partial charge on any atom is 0.337 e. The fraction of sp³-hybridized carbons (Fsp3) is 0.333. The molecule has 2 N–H and O–H groups in total. The Bertz CT molecular complexity index is 796. The highest BCUT2D eigenvalue weighted by atomic mass is 35.5. The highest BCUT2D eigenvalue weighted by molar-refractivity contribution is 6.34. The van der Waals surface area contributed by atoms with Gasteiger partial charge in [0.25, 0.3) is 5.91 Å². The number of aromatic nitrogens is 2. The van der Waals surface area contributed by atoms with Gasteiger partial charge < -0.3 is 15.4 Å². The monoisotopic (exact) mass is 376 g/mol.